The Morgan fingerprint density at radius 2 is 1.72 bits per heavy atom. The van der Waals surface area contributed by atoms with Gasteiger partial charge in [0.2, 0.25) is 11.3 Å². The number of hydrogen-bond donors (Lipinski definition) is 1. The van der Waals surface area contributed by atoms with Gasteiger partial charge in [0, 0.05) is 12.0 Å². The molecule has 0 radical (unpaired) electrons. The van der Waals surface area contributed by atoms with Gasteiger partial charge in [-0.3, -0.25) is 4.79 Å². The van der Waals surface area contributed by atoms with E-state index in [1.165, 1.54) is 0 Å². The zero-order chi connectivity index (χ0) is 21.8. The molecule has 158 valence electrons. The lowest BCUT2D eigenvalue weighted by Gasteiger charge is -2.36. The highest BCUT2D eigenvalue weighted by Gasteiger charge is 2.60. The highest BCUT2D eigenvalue weighted by atomic mass is 16.6. The van der Waals surface area contributed by atoms with Gasteiger partial charge in [-0.25, -0.2) is 19.8 Å². The number of carbonyl (C=O) groups is 4. The lowest BCUT2D eigenvalue weighted by molar-refractivity contribution is -0.155. The smallest absolute Gasteiger partial charge is 0.430 e. The number of hydrogen-bond acceptors (Lipinski definition) is 7. The number of fused-ring (bicyclic) bond motifs is 1. The third kappa shape index (κ3) is 4.49. The fourth-order valence-electron chi connectivity index (χ4n) is 3.04. The molecule has 1 N–H and O–H groups in total. The van der Waals surface area contributed by atoms with Crippen LogP contribution in [0.5, 0.6) is 0 Å². The van der Waals surface area contributed by atoms with Gasteiger partial charge in [-0.15, -0.1) is 0 Å². The molecular weight excluding hydrogens is 380 g/mol. The Kier molecular flexibility index (Phi) is 6.84. The first-order chi connectivity index (χ1) is 13.6. The molecule has 2 amide bonds. The Morgan fingerprint density at radius 1 is 1.10 bits per heavy atom. The number of ketones is 1. The topological polar surface area (TPSA) is 111 Å². The van der Waals surface area contributed by atoms with Crippen molar-refractivity contribution in [3.8, 4) is 0 Å². The average Bonchev–Trinajstić information content (AvgIpc) is 2.92. The molecule has 1 aliphatic rings. The molecule has 29 heavy (non-hydrogen) atoms. The maximum Gasteiger partial charge on any atom is 0.430 e. The van der Waals surface area contributed by atoms with Gasteiger partial charge in [-0.1, -0.05) is 24.3 Å². The van der Waals surface area contributed by atoms with E-state index in [0.717, 1.165) is 0 Å². The predicted octanol–water partition coefficient (Wildman–Crippen LogP) is 2.62. The van der Waals surface area contributed by atoms with Crippen molar-refractivity contribution in [1.82, 2.24) is 10.4 Å². The summed E-state index contributed by atoms with van der Waals surface area (Å²) in [6.45, 7) is 8.00. The number of nitrogens with zero attached hydrogens (tertiary/aromatic N) is 1. The first kappa shape index (κ1) is 22.2. The molecule has 0 spiro atoms. The summed E-state index contributed by atoms with van der Waals surface area (Å²) < 4.78 is 15.3. The highest BCUT2D eigenvalue weighted by molar-refractivity contribution is 6.21. The molecule has 0 saturated heterocycles. The van der Waals surface area contributed by atoms with E-state index in [1.54, 1.807) is 58.9 Å². The van der Waals surface area contributed by atoms with E-state index in [0.29, 0.717) is 10.6 Å². The molecule has 1 atom stereocenters. The van der Waals surface area contributed by atoms with Crippen molar-refractivity contribution >= 4 is 23.9 Å². The molecular formula is C20H26N2O7. The summed E-state index contributed by atoms with van der Waals surface area (Å²) >= 11 is 0. The van der Waals surface area contributed by atoms with E-state index in [1.807, 2.05) is 0 Å². The standard InChI is InChI=1S/C20H26N2O7/c1-6-27-17(24)20(11-14-9-7-8-10-15(14)16(20)23)22(19(26)29-13(4)5)21-18(25)28-12(2)3/h7-10,12-13H,6,11H2,1-5H3,(H,21,25)/t20-/m1/s1. The number of nitrogens with one attached hydrogen (secondary N) is 1. The van der Waals surface area contributed by atoms with Gasteiger partial charge >= 0.3 is 18.2 Å². The Bertz CT molecular complexity index is 806. The van der Waals surface area contributed by atoms with E-state index >= 15 is 0 Å². The largest absolute Gasteiger partial charge is 0.464 e. The summed E-state index contributed by atoms with van der Waals surface area (Å²) in [4.78, 5) is 51.4. The minimum absolute atomic E-state index is 0.0201. The Balaban J connectivity index is 2.56. The maximum atomic E-state index is 13.3. The summed E-state index contributed by atoms with van der Waals surface area (Å²) in [5, 5.41) is 0.595. The predicted molar refractivity (Wildman–Crippen MR) is 102 cm³/mol. The minimum Gasteiger partial charge on any atom is -0.464 e. The number of amides is 2. The van der Waals surface area contributed by atoms with Crippen LogP contribution in [-0.4, -0.2) is 53.3 Å². The summed E-state index contributed by atoms with van der Waals surface area (Å²) in [5.74, 6) is -1.64. The Hall–Kier alpha value is -3.10. The van der Waals surface area contributed by atoms with Crippen molar-refractivity contribution in [3.05, 3.63) is 35.4 Å². The number of hydrazine groups is 1. The second-order valence-corrected chi connectivity index (χ2v) is 7.08. The van der Waals surface area contributed by atoms with Gasteiger partial charge < -0.3 is 14.2 Å². The molecule has 1 aromatic carbocycles. The summed E-state index contributed by atoms with van der Waals surface area (Å²) in [5.41, 5.74) is 0.893. The molecule has 9 nitrogen and oxygen atoms in total. The summed E-state index contributed by atoms with van der Waals surface area (Å²) in [7, 11) is 0. The quantitative estimate of drug-likeness (QED) is 0.346. The van der Waals surface area contributed by atoms with E-state index in [9.17, 15) is 19.2 Å². The molecule has 0 aliphatic heterocycles. The van der Waals surface area contributed by atoms with Gasteiger partial charge in [0.05, 0.1) is 18.8 Å². The van der Waals surface area contributed by atoms with Gasteiger partial charge in [0.25, 0.3) is 0 Å². The van der Waals surface area contributed by atoms with E-state index in [-0.39, 0.29) is 18.6 Å². The SMILES string of the molecule is CCOC(=O)[C@@]1(N(NC(=O)OC(C)C)C(=O)OC(C)C)Cc2ccccc2C1=O. The molecule has 1 aliphatic carbocycles. The van der Waals surface area contributed by atoms with Crippen LogP contribution in [0.1, 0.15) is 50.5 Å². The van der Waals surface area contributed by atoms with Crippen LogP contribution in [0.3, 0.4) is 0 Å². The number of esters is 1. The summed E-state index contributed by atoms with van der Waals surface area (Å²) in [6.07, 6.45) is -3.31. The fraction of sp³-hybridized carbons (Fsp3) is 0.500. The lowest BCUT2D eigenvalue weighted by atomic mass is 9.93. The van der Waals surface area contributed by atoms with Crippen LogP contribution in [-0.2, 0) is 25.4 Å². The number of carbonyl (C=O) groups excluding carboxylic acids is 4. The van der Waals surface area contributed by atoms with Crippen molar-refractivity contribution in [2.24, 2.45) is 0 Å². The van der Waals surface area contributed by atoms with Crippen LogP contribution in [0.2, 0.25) is 0 Å². The third-order valence-electron chi connectivity index (χ3n) is 4.14. The highest BCUT2D eigenvalue weighted by Crippen LogP contribution is 2.36. The van der Waals surface area contributed by atoms with E-state index in [4.69, 9.17) is 14.2 Å². The third-order valence-corrected chi connectivity index (χ3v) is 4.14. The fourth-order valence-corrected chi connectivity index (χ4v) is 3.04. The second-order valence-electron chi connectivity index (χ2n) is 7.08. The average molecular weight is 406 g/mol. The number of ether oxygens (including phenoxy) is 3. The zero-order valence-electron chi connectivity index (χ0n) is 17.2. The molecule has 1 aromatic rings. The van der Waals surface area contributed by atoms with Crippen LogP contribution in [0.15, 0.2) is 24.3 Å². The van der Waals surface area contributed by atoms with Crippen molar-refractivity contribution in [1.29, 1.82) is 0 Å². The first-order valence-corrected chi connectivity index (χ1v) is 9.41. The van der Waals surface area contributed by atoms with E-state index in [2.05, 4.69) is 5.43 Å². The van der Waals surface area contributed by atoms with Crippen LogP contribution < -0.4 is 5.43 Å². The molecule has 0 fully saturated rings. The summed E-state index contributed by atoms with van der Waals surface area (Å²) in [6, 6.07) is 6.59. The number of benzene rings is 1. The van der Waals surface area contributed by atoms with Crippen molar-refractivity contribution in [2.75, 3.05) is 6.61 Å². The van der Waals surface area contributed by atoms with E-state index < -0.39 is 41.7 Å². The molecule has 2 rings (SSSR count). The van der Waals surface area contributed by atoms with Crippen LogP contribution in [0, 0.1) is 0 Å². The zero-order valence-corrected chi connectivity index (χ0v) is 17.2. The van der Waals surface area contributed by atoms with Crippen LogP contribution in [0.25, 0.3) is 0 Å². The lowest BCUT2D eigenvalue weighted by Crippen LogP contribution is -2.67. The Labute approximate surface area is 169 Å². The second kappa shape index (κ2) is 8.93. The molecule has 0 saturated carbocycles. The number of rotatable bonds is 5. The molecule has 0 aromatic heterocycles. The van der Waals surface area contributed by atoms with Gasteiger partial charge in [0.1, 0.15) is 0 Å². The van der Waals surface area contributed by atoms with Crippen LogP contribution >= 0.6 is 0 Å². The normalized spacial score (nSPS) is 17.7. The minimum atomic E-state index is -2.14. The monoisotopic (exact) mass is 406 g/mol. The molecule has 0 unspecified atom stereocenters. The number of Topliss-reactive ketones (excluding diaryl/α,β-unsaturated/α-hetero) is 1. The molecule has 0 heterocycles. The molecule has 0 bridgehead atoms. The van der Waals surface area contributed by atoms with Crippen molar-refractivity contribution < 1.29 is 33.4 Å². The van der Waals surface area contributed by atoms with Gasteiger partial charge in [-0.2, -0.15) is 5.01 Å². The first-order valence-electron chi connectivity index (χ1n) is 9.41. The van der Waals surface area contributed by atoms with Gasteiger partial charge in [0.15, 0.2) is 0 Å². The van der Waals surface area contributed by atoms with Crippen LogP contribution in [0.4, 0.5) is 9.59 Å². The maximum absolute atomic E-state index is 13.3. The van der Waals surface area contributed by atoms with Crippen molar-refractivity contribution in [3.63, 3.8) is 0 Å². The van der Waals surface area contributed by atoms with Gasteiger partial charge in [-0.05, 0) is 40.2 Å². The molecule has 9 heteroatoms. The van der Waals surface area contributed by atoms with Crippen molar-refractivity contribution in [2.45, 2.75) is 58.8 Å². The Morgan fingerprint density at radius 3 is 2.28 bits per heavy atom.